The van der Waals surface area contributed by atoms with Crippen molar-refractivity contribution in [3.63, 3.8) is 0 Å². The third-order valence-electron chi connectivity index (χ3n) is 0.756. The van der Waals surface area contributed by atoms with Crippen molar-refractivity contribution in [3.8, 4) is 0 Å². The SMILES string of the molecule is CCCC(=O)NC.[NaH]. The Bertz CT molecular complexity index is 65.4. The fraction of sp³-hybridized carbons (Fsp3) is 0.800. The number of amides is 1. The van der Waals surface area contributed by atoms with Crippen molar-refractivity contribution in [2.45, 2.75) is 19.8 Å². The Labute approximate surface area is 72.3 Å². The van der Waals surface area contributed by atoms with E-state index in [0.717, 1.165) is 6.42 Å². The third-order valence-corrected chi connectivity index (χ3v) is 0.756. The molecule has 1 amide bonds. The van der Waals surface area contributed by atoms with Crippen LogP contribution in [0.5, 0.6) is 0 Å². The predicted molar refractivity (Wildman–Crippen MR) is 36.1 cm³/mol. The zero-order valence-corrected chi connectivity index (χ0v) is 4.82. The van der Waals surface area contributed by atoms with Gasteiger partial charge in [0, 0.05) is 13.5 Å². The van der Waals surface area contributed by atoms with Crippen LogP contribution in [0, 0.1) is 0 Å². The van der Waals surface area contributed by atoms with Crippen molar-refractivity contribution in [2.75, 3.05) is 7.05 Å². The number of hydrogen-bond acceptors (Lipinski definition) is 1. The van der Waals surface area contributed by atoms with Crippen LogP contribution >= 0.6 is 0 Å². The molecule has 0 rings (SSSR count). The molecule has 0 aliphatic carbocycles. The maximum atomic E-state index is 10.3. The molecule has 0 atom stereocenters. The molecule has 44 valence electrons. The zero-order chi connectivity index (χ0) is 5.70. The van der Waals surface area contributed by atoms with E-state index in [0.29, 0.717) is 6.42 Å². The minimum atomic E-state index is 0. The van der Waals surface area contributed by atoms with E-state index in [-0.39, 0.29) is 35.5 Å². The molecule has 0 aromatic carbocycles. The molecule has 2 nitrogen and oxygen atoms in total. The van der Waals surface area contributed by atoms with E-state index in [1.807, 2.05) is 6.92 Å². The standard InChI is InChI=1S/C5H11NO.Na.H/c1-3-4-5(7)6-2;;/h3-4H2,1-2H3,(H,6,7);;. The van der Waals surface area contributed by atoms with Gasteiger partial charge in [0.2, 0.25) is 5.91 Å². The quantitative estimate of drug-likeness (QED) is 0.512. The molecule has 0 aliphatic heterocycles. The summed E-state index contributed by atoms with van der Waals surface area (Å²) < 4.78 is 0. The second kappa shape index (κ2) is 7.47. The van der Waals surface area contributed by atoms with Crippen molar-refractivity contribution in [2.24, 2.45) is 0 Å². The molecular formula is C5H12NNaO. The Morgan fingerprint density at radius 1 is 1.62 bits per heavy atom. The number of nitrogens with one attached hydrogen (secondary N) is 1. The van der Waals surface area contributed by atoms with Gasteiger partial charge in [-0.1, -0.05) is 6.92 Å². The summed E-state index contributed by atoms with van der Waals surface area (Å²) in [6, 6.07) is 0. The first-order valence-corrected chi connectivity index (χ1v) is 2.51. The fourth-order valence-corrected chi connectivity index (χ4v) is 0.352. The van der Waals surface area contributed by atoms with E-state index in [2.05, 4.69) is 5.32 Å². The van der Waals surface area contributed by atoms with Crippen LogP contribution in [0.4, 0.5) is 0 Å². The van der Waals surface area contributed by atoms with Crippen LogP contribution < -0.4 is 5.32 Å². The zero-order valence-electron chi connectivity index (χ0n) is 4.82. The van der Waals surface area contributed by atoms with Crippen molar-refractivity contribution in [1.29, 1.82) is 0 Å². The fourth-order valence-electron chi connectivity index (χ4n) is 0.352. The summed E-state index contributed by atoms with van der Waals surface area (Å²) in [5.74, 6) is 0.127. The second-order valence-corrected chi connectivity index (χ2v) is 1.42. The summed E-state index contributed by atoms with van der Waals surface area (Å²) in [6.07, 6.45) is 1.58. The van der Waals surface area contributed by atoms with Gasteiger partial charge in [-0.25, -0.2) is 0 Å². The van der Waals surface area contributed by atoms with E-state index in [9.17, 15) is 4.79 Å². The van der Waals surface area contributed by atoms with Gasteiger partial charge in [0.25, 0.3) is 0 Å². The molecule has 0 saturated heterocycles. The molecule has 0 unspecified atom stereocenters. The summed E-state index contributed by atoms with van der Waals surface area (Å²) in [4.78, 5) is 10.3. The van der Waals surface area contributed by atoms with Gasteiger partial charge in [0.05, 0.1) is 0 Å². The normalized spacial score (nSPS) is 7.25. The first-order chi connectivity index (χ1) is 3.31. The summed E-state index contributed by atoms with van der Waals surface area (Å²) in [7, 11) is 1.65. The van der Waals surface area contributed by atoms with Gasteiger partial charge in [-0.15, -0.1) is 0 Å². The van der Waals surface area contributed by atoms with Crippen LogP contribution in [0.2, 0.25) is 0 Å². The van der Waals surface area contributed by atoms with E-state index >= 15 is 0 Å². The Balaban J connectivity index is 0. The van der Waals surface area contributed by atoms with Gasteiger partial charge in [0.1, 0.15) is 0 Å². The topological polar surface area (TPSA) is 29.1 Å². The number of hydrogen-bond donors (Lipinski definition) is 1. The number of rotatable bonds is 2. The molecule has 0 bridgehead atoms. The van der Waals surface area contributed by atoms with Crippen LogP contribution in [-0.4, -0.2) is 42.5 Å². The van der Waals surface area contributed by atoms with E-state index < -0.39 is 0 Å². The maximum absolute atomic E-state index is 10.3. The van der Waals surface area contributed by atoms with Crippen molar-refractivity contribution >= 4 is 35.5 Å². The third kappa shape index (κ3) is 6.47. The molecule has 0 spiro atoms. The predicted octanol–water partition coefficient (Wildman–Crippen LogP) is -0.116. The van der Waals surface area contributed by atoms with Crippen LogP contribution in [-0.2, 0) is 4.79 Å². The molecule has 3 heteroatoms. The Morgan fingerprint density at radius 3 is 2.25 bits per heavy atom. The van der Waals surface area contributed by atoms with Crippen LogP contribution in [0.3, 0.4) is 0 Å². The molecule has 0 aromatic rings. The summed E-state index contributed by atoms with van der Waals surface area (Å²) in [5, 5.41) is 2.53. The second-order valence-electron chi connectivity index (χ2n) is 1.42. The monoisotopic (exact) mass is 125 g/mol. The van der Waals surface area contributed by atoms with E-state index in [1.165, 1.54) is 0 Å². The number of carbonyl (C=O) groups is 1. The molecular weight excluding hydrogens is 113 g/mol. The first-order valence-electron chi connectivity index (χ1n) is 2.51. The summed E-state index contributed by atoms with van der Waals surface area (Å²) in [6.45, 7) is 1.98. The summed E-state index contributed by atoms with van der Waals surface area (Å²) in [5.41, 5.74) is 0. The van der Waals surface area contributed by atoms with Gasteiger partial charge >= 0.3 is 29.6 Å². The van der Waals surface area contributed by atoms with Crippen LogP contribution in [0.25, 0.3) is 0 Å². The van der Waals surface area contributed by atoms with Crippen LogP contribution in [0.15, 0.2) is 0 Å². The molecule has 0 radical (unpaired) electrons. The first kappa shape index (κ1) is 11.3. The van der Waals surface area contributed by atoms with Gasteiger partial charge in [-0.3, -0.25) is 4.79 Å². The van der Waals surface area contributed by atoms with E-state index in [1.54, 1.807) is 7.05 Å². The van der Waals surface area contributed by atoms with Gasteiger partial charge < -0.3 is 5.32 Å². The van der Waals surface area contributed by atoms with Crippen molar-refractivity contribution in [3.05, 3.63) is 0 Å². The summed E-state index contributed by atoms with van der Waals surface area (Å²) >= 11 is 0. The molecule has 8 heavy (non-hydrogen) atoms. The van der Waals surface area contributed by atoms with Gasteiger partial charge in [0.15, 0.2) is 0 Å². The van der Waals surface area contributed by atoms with E-state index in [4.69, 9.17) is 0 Å². The van der Waals surface area contributed by atoms with Crippen molar-refractivity contribution in [1.82, 2.24) is 5.32 Å². The molecule has 0 fully saturated rings. The van der Waals surface area contributed by atoms with Gasteiger partial charge in [-0.2, -0.15) is 0 Å². The number of carbonyl (C=O) groups excluding carboxylic acids is 1. The molecule has 0 aliphatic rings. The molecule has 0 heterocycles. The minimum absolute atomic E-state index is 0. The van der Waals surface area contributed by atoms with Crippen LogP contribution in [0.1, 0.15) is 19.8 Å². The van der Waals surface area contributed by atoms with Gasteiger partial charge in [-0.05, 0) is 6.42 Å². The Morgan fingerprint density at radius 2 is 2.12 bits per heavy atom. The molecule has 0 saturated carbocycles. The Hall–Kier alpha value is 0.470. The average molecular weight is 125 g/mol. The average Bonchev–Trinajstić information content (AvgIpc) is 1.68. The van der Waals surface area contributed by atoms with Crippen molar-refractivity contribution < 1.29 is 4.79 Å². The molecule has 0 aromatic heterocycles. The Kier molecular flexibility index (Phi) is 10.5. The molecule has 1 N–H and O–H groups in total.